The molecular formula is C18H28BrNO2. The molecule has 0 aliphatic carbocycles. The zero-order valence-corrected chi connectivity index (χ0v) is 15.2. The highest BCUT2D eigenvalue weighted by Gasteiger charge is 2.11. The van der Waals surface area contributed by atoms with Gasteiger partial charge in [0.25, 0.3) is 0 Å². The molecular weight excluding hydrogens is 342 g/mol. The minimum Gasteiger partial charge on any atom is -0.493 e. The van der Waals surface area contributed by atoms with Gasteiger partial charge in [-0.05, 0) is 49.6 Å². The molecule has 0 unspecified atom stereocenters. The molecule has 1 heterocycles. The summed E-state index contributed by atoms with van der Waals surface area (Å²) < 4.78 is 12.5. The van der Waals surface area contributed by atoms with Crippen molar-refractivity contribution in [3.63, 3.8) is 0 Å². The maximum Gasteiger partial charge on any atom is 0.122 e. The first kappa shape index (κ1) is 17.8. The standard InChI is InChI=1S/C18H28BrNO2/c1-2-3-4-12-22-18-8-7-17(19)15-16(18)6-5-9-20-10-13-21-14-11-20/h7-8,15H,2-6,9-14H2,1H3. The monoisotopic (exact) mass is 369 g/mol. The Labute approximate surface area is 143 Å². The number of aryl methyl sites for hydroxylation is 1. The highest BCUT2D eigenvalue weighted by molar-refractivity contribution is 9.10. The summed E-state index contributed by atoms with van der Waals surface area (Å²) in [6.45, 7) is 8.08. The Balaban J connectivity index is 1.80. The fourth-order valence-corrected chi connectivity index (χ4v) is 3.14. The normalized spacial score (nSPS) is 15.9. The Bertz CT molecular complexity index is 433. The second-order valence-corrected chi connectivity index (χ2v) is 6.78. The van der Waals surface area contributed by atoms with Crippen molar-refractivity contribution >= 4 is 15.9 Å². The summed E-state index contributed by atoms with van der Waals surface area (Å²) >= 11 is 3.58. The van der Waals surface area contributed by atoms with Gasteiger partial charge in [0.2, 0.25) is 0 Å². The molecule has 1 fully saturated rings. The third-order valence-electron chi connectivity index (χ3n) is 4.05. The molecule has 22 heavy (non-hydrogen) atoms. The molecule has 2 rings (SSSR count). The Morgan fingerprint density at radius 1 is 1.18 bits per heavy atom. The molecule has 1 aromatic rings. The Morgan fingerprint density at radius 3 is 2.77 bits per heavy atom. The van der Waals surface area contributed by atoms with E-state index in [1.54, 1.807) is 0 Å². The van der Waals surface area contributed by atoms with Gasteiger partial charge in [0.05, 0.1) is 19.8 Å². The van der Waals surface area contributed by atoms with Crippen molar-refractivity contribution < 1.29 is 9.47 Å². The van der Waals surface area contributed by atoms with Crippen LogP contribution in [0.4, 0.5) is 0 Å². The van der Waals surface area contributed by atoms with E-state index in [9.17, 15) is 0 Å². The van der Waals surface area contributed by atoms with E-state index in [2.05, 4.69) is 46.0 Å². The first-order valence-electron chi connectivity index (χ1n) is 8.51. The fraction of sp³-hybridized carbons (Fsp3) is 0.667. The molecule has 0 aromatic heterocycles. The lowest BCUT2D eigenvalue weighted by Gasteiger charge is -2.26. The van der Waals surface area contributed by atoms with E-state index < -0.39 is 0 Å². The predicted octanol–water partition coefficient (Wildman–Crippen LogP) is 4.28. The van der Waals surface area contributed by atoms with Gasteiger partial charge in [0.15, 0.2) is 0 Å². The Kier molecular flexibility index (Phi) is 8.27. The van der Waals surface area contributed by atoms with E-state index in [1.807, 2.05) is 0 Å². The van der Waals surface area contributed by atoms with Crippen molar-refractivity contribution in [2.45, 2.75) is 39.0 Å². The van der Waals surface area contributed by atoms with Crippen LogP contribution in [0.3, 0.4) is 0 Å². The van der Waals surface area contributed by atoms with E-state index in [0.29, 0.717) is 0 Å². The van der Waals surface area contributed by atoms with E-state index >= 15 is 0 Å². The van der Waals surface area contributed by atoms with Gasteiger partial charge in [0.1, 0.15) is 5.75 Å². The predicted molar refractivity (Wildman–Crippen MR) is 94.7 cm³/mol. The van der Waals surface area contributed by atoms with Crippen molar-refractivity contribution in [2.24, 2.45) is 0 Å². The summed E-state index contributed by atoms with van der Waals surface area (Å²) in [6.07, 6.45) is 5.85. The van der Waals surface area contributed by atoms with Crippen LogP contribution in [-0.4, -0.2) is 44.4 Å². The van der Waals surface area contributed by atoms with E-state index in [4.69, 9.17) is 9.47 Å². The number of unbranched alkanes of at least 4 members (excludes halogenated alkanes) is 2. The fourth-order valence-electron chi connectivity index (χ4n) is 2.74. The highest BCUT2D eigenvalue weighted by Crippen LogP contribution is 2.25. The molecule has 0 radical (unpaired) electrons. The maximum absolute atomic E-state index is 5.98. The number of hydrogen-bond donors (Lipinski definition) is 0. The smallest absolute Gasteiger partial charge is 0.122 e. The van der Waals surface area contributed by atoms with Crippen molar-refractivity contribution in [2.75, 3.05) is 39.5 Å². The van der Waals surface area contributed by atoms with Gasteiger partial charge in [-0.2, -0.15) is 0 Å². The van der Waals surface area contributed by atoms with Crippen LogP contribution in [0.5, 0.6) is 5.75 Å². The van der Waals surface area contributed by atoms with Gasteiger partial charge in [0, 0.05) is 17.6 Å². The zero-order valence-electron chi connectivity index (χ0n) is 13.7. The molecule has 1 saturated heterocycles. The average Bonchev–Trinajstić information content (AvgIpc) is 2.54. The van der Waals surface area contributed by atoms with E-state index in [1.165, 1.54) is 24.8 Å². The lowest BCUT2D eigenvalue weighted by molar-refractivity contribution is 0.0374. The van der Waals surface area contributed by atoms with Crippen molar-refractivity contribution in [3.05, 3.63) is 28.2 Å². The topological polar surface area (TPSA) is 21.7 Å². The average molecular weight is 370 g/mol. The third-order valence-corrected chi connectivity index (χ3v) is 4.55. The second-order valence-electron chi connectivity index (χ2n) is 5.87. The molecule has 0 spiro atoms. The molecule has 3 nitrogen and oxygen atoms in total. The van der Waals surface area contributed by atoms with Crippen molar-refractivity contribution in [3.8, 4) is 5.75 Å². The summed E-state index contributed by atoms with van der Waals surface area (Å²) in [7, 11) is 0. The summed E-state index contributed by atoms with van der Waals surface area (Å²) in [6, 6.07) is 6.37. The van der Waals surface area contributed by atoms with Crippen LogP contribution in [-0.2, 0) is 11.2 Å². The first-order chi connectivity index (χ1) is 10.8. The molecule has 1 aliphatic rings. The lowest BCUT2D eigenvalue weighted by Crippen LogP contribution is -2.36. The van der Waals surface area contributed by atoms with Crippen molar-refractivity contribution in [1.82, 2.24) is 4.90 Å². The number of rotatable bonds is 9. The van der Waals surface area contributed by atoms with Crippen LogP contribution in [0.15, 0.2) is 22.7 Å². The number of morpholine rings is 1. The molecule has 0 N–H and O–H groups in total. The molecule has 124 valence electrons. The van der Waals surface area contributed by atoms with Crippen LogP contribution in [0.1, 0.15) is 38.2 Å². The first-order valence-corrected chi connectivity index (χ1v) is 9.30. The van der Waals surface area contributed by atoms with Crippen LogP contribution in [0.25, 0.3) is 0 Å². The lowest BCUT2D eigenvalue weighted by atomic mass is 10.1. The molecule has 0 saturated carbocycles. The molecule has 1 aromatic carbocycles. The molecule has 4 heteroatoms. The molecule has 1 aliphatic heterocycles. The number of ether oxygens (including phenoxy) is 2. The summed E-state index contributed by atoms with van der Waals surface area (Å²) in [5, 5.41) is 0. The van der Waals surface area contributed by atoms with Gasteiger partial charge in [-0.15, -0.1) is 0 Å². The molecule has 0 bridgehead atoms. The SMILES string of the molecule is CCCCCOc1ccc(Br)cc1CCCN1CCOCC1. The number of nitrogens with zero attached hydrogens (tertiary/aromatic N) is 1. The minimum absolute atomic E-state index is 0.825. The summed E-state index contributed by atoms with van der Waals surface area (Å²) in [5.41, 5.74) is 1.32. The van der Waals surface area contributed by atoms with Gasteiger partial charge >= 0.3 is 0 Å². The third kappa shape index (κ3) is 6.27. The number of benzene rings is 1. The van der Waals surface area contributed by atoms with Crippen LogP contribution in [0, 0.1) is 0 Å². The Morgan fingerprint density at radius 2 is 2.00 bits per heavy atom. The highest BCUT2D eigenvalue weighted by atomic mass is 79.9. The summed E-state index contributed by atoms with van der Waals surface area (Å²) in [4.78, 5) is 2.49. The number of hydrogen-bond acceptors (Lipinski definition) is 3. The summed E-state index contributed by atoms with van der Waals surface area (Å²) in [5.74, 6) is 1.06. The van der Waals surface area contributed by atoms with E-state index in [0.717, 1.165) is 62.5 Å². The van der Waals surface area contributed by atoms with Crippen molar-refractivity contribution in [1.29, 1.82) is 0 Å². The van der Waals surface area contributed by atoms with Gasteiger partial charge in [-0.1, -0.05) is 35.7 Å². The second kappa shape index (κ2) is 10.2. The number of halogens is 1. The molecule has 0 amide bonds. The van der Waals surface area contributed by atoms with Gasteiger partial charge in [-0.25, -0.2) is 0 Å². The Hall–Kier alpha value is -0.580. The van der Waals surface area contributed by atoms with Crippen LogP contribution >= 0.6 is 15.9 Å². The zero-order chi connectivity index (χ0) is 15.6. The van der Waals surface area contributed by atoms with Gasteiger partial charge < -0.3 is 9.47 Å². The van der Waals surface area contributed by atoms with Crippen LogP contribution < -0.4 is 4.74 Å². The minimum atomic E-state index is 0.825. The van der Waals surface area contributed by atoms with E-state index in [-0.39, 0.29) is 0 Å². The molecule has 0 atom stereocenters. The maximum atomic E-state index is 5.98. The van der Waals surface area contributed by atoms with Crippen LogP contribution in [0.2, 0.25) is 0 Å². The quantitative estimate of drug-likeness (QED) is 0.606. The largest absolute Gasteiger partial charge is 0.493 e. The van der Waals surface area contributed by atoms with Gasteiger partial charge in [-0.3, -0.25) is 4.90 Å².